The van der Waals surface area contributed by atoms with Crippen molar-refractivity contribution < 1.29 is 9.18 Å². The third-order valence-electron chi connectivity index (χ3n) is 3.51. The number of aryl methyl sites for hydroxylation is 2. The monoisotopic (exact) mass is 328 g/mol. The number of nitrogens with zero attached hydrogens (tertiary/aromatic N) is 5. The lowest BCUT2D eigenvalue weighted by molar-refractivity contribution is 0.102. The molecule has 1 amide bonds. The molecule has 3 rings (SSSR count). The number of carbonyl (C=O) groups is 1. The molecule has 0 radical (unpaired) electrons. The Bertz CT molecular complexity index is 869. The number of aromatic nitrogens is 5. The molecule has 3 aromatic rings. The highest BCUT2D eigenvalue weighted by molar-refractivity contribution is 6.03. The summed E-state index contributed by atoms with van der Waals surface area (Å²) in [5.74, 6) is -0.416. The molecule has 0 unspecified atom stereocenters. The molecule has 0 saturated heterocycles. The van der Waals surface area contributed by atoms with Gasteiger partial charge in [-0.1, -0.05) is 12.1 Å². The Kier molecular flexibility index (Phi) is 4.37. The molecule has 0 fully saturated rings. The molecule has 1 aromatic carbocycles. The van der Waals surface area contributed by atoms with Crippen molar-refractivity contribution in [3.05, 3.63) is 59.4 Å². The lowest BCUT2D eigenvalue weighted by atomic mass is 10.2. The minimum Gasteiger partial charge on any atom is -0.289 e. The van der Waals surface area contributed by atoms with E-state index in [0.717, 1.165) is 5.56 Å². The molecule has 0 spiro atoms. The molecule has 0 bridgehead atoms. The molecule has 0 saturated carbocycles. The number of benzene rings is 1. The minimum atomic E-state index is -0.310. The van der Waals surface area contributed by atoms with Gasteiger partial charge in [-0.2, -0.15) is 5.10 Å². The lowest BCUT2D eigenvalue weighted by Gasteiger charge is -2.01. The zero-order valence-electron chi connectivity index (χ0n) is 13.4. The van der Waals surface area contributed by atoms with E-state index in [-0.39, 0.29) is 17.7 Å². The summed E-state index contributed by atoms with van der Waals surface area (Å²) in [6, 6.07) is 6.25. The van der Waals surface area contributed by atoms with Crippen LogP contribution in [0.15, 0.2) is 36.8 Å². The molecule has 24 heavy (non-hydrogen) atoms. The second kappa shape index (κ2) is 6.61. The van der Waals surface area contributed by atoms with Crippen LogP contribution in [0.1, 0.15) is 28.5 Å². The molecule has 1 N–H and O–H groups in total. The maximum Gasteiger partial charge on any atom is 0.261 e. The van der Waals surface area contributed by atoms with Gasteiger partial charge >= 0.3 is 0 Å². The van der Waals surface area contributed by atoms with E-state index >= 15 is 0 Å². The second-order valence-corrected chi connectivity index (χ2v) is 5.33. The Morgan fingerprint density at radius 1 is 1.29 bits per heavy atom. The van der Waals surface area contributed by atoms with Gasteiger partial charge in [0.1, 0.15) is 12.1 Å². The predicted octanol–water partition coefficient (Wildman–Crippen LogP) is 2.24. The molecular weight excluding hydrogens is 311 g/mol. The Morgan fingerprint density at radius 2 is 2.12 bits per heavy atom. The van der Waals surface area contributed by atoms with Crippen molar-refractivity contribution in [1.29, 1.82) is 0 Å². The van der Waals surface area contributed by atoms with Gasteiger partial charge in [-0.3, -0.25) is 14.8 Å². The van der Waals surface area contributed by atoms with Crippen molar-refractivity contribution in [2.75, 3.05) is 5.32 Å². The van der Waals surface area contributed by atoms with E-state index in [2.05, 4.69) is 20.5 Å². The molecule has 0 aliphatic rings. The highest BCUT2D eigenvalue weighted by Gasteiger charge is 2.15. The molecule has 0 aliphatic heterocycles. The highest BCUT2D eigenvalue weighted by Crippen LogP contribution is 2.10. The minimum absolute atomic E-state index is 0.194. The van der Waals surface area contributed by atoms with Crippen LogP contribution >= 0.6 is 0 Å². The largest absolute Gasteiger partial charge is 0.289 e. The Balaban J connectivity index is 1.69. The quantitative estimate of drug-likeness (QED) is 0.779. The first kappa shape index (κ1) is 15.9. The van der Waals surface area contributed by atoms with Gasteiger partial charge in [0, 0.05) is 12.7 Å². The van der Waals surface area contributed by atoms with E-state index in [9.17, 15) is 9.18 Å². The van der Waals surface area contributed by atoms with Gasteiger partial charge in [-0.15, -0.1) is 5.10 Å². The van der Waals surface area contributed by atoms with Gasteiger partial charge in [0.25, 0.3) is 5.91 Å². The Morgan fingerprint density at radius 3 is 2.83 bits per heavy atom. The summed E-state index contributed by atoms with van der Waals surface area (Å²) in [7, 11) is 0. The third kappa shape index (κ3) is 3.48. The summed E-state index contributed by atoms with van der Waals surface area (Å²) in [6.45, 7) is 4.78. The van der Waals surface area contributed by atoms with E-state index in [1.165, 1.54) is 23.1 Å². The number of amides is 1. The maximum absolute atomic E-state index is 13.2. The number of carbonyl (C=O) groups excluding carboxylic acids is 1. The van der Waals surface area contributed by atoms with Crippen LogP contribution in [0.4, 0.5) is 10.3 Å². The number of hydrogen-bond donors (Lipinski definition) is 1. The summed E-state index contributed by atoms with van der Waals surface area (Å²) in [4.78, 5) is 16.3. The first-order chi connectivity index (χ1) is 11.5. The van der Waals surface area contributed by atoms with Crippen LogP contribution in [0.5, 0.6) is 0 Å². The Hall–Kier alpha value is -3.03. The van der Waals surface area contributed by atoms with Crippen molar-refractivity contribution in [3.63, 3.8) is 0 Å². The molecule has 8 heteroatoms. The first-order valence-electron chi connectivity index (χ1n) is 7.54. The van der Waals surface area contributed by atoms with Crippen LogP contribution in [0, 0.1) is 12.7 Å². The van der Waals surface area contributed by atoms with Gasteiger partial charge < -0.3 is 0 Å². The normalized spacial score (nSPS) is 10.8. The number of nitrogens with one attached hydrogen (secondary N) is 1. The van der Waals surface area contributed by atoms with Crippen LogP contribution in [0.25, 0.3) is 0 Å². The zero-order valence-corrected chi connectivity index (χ0v) is 13.4. The molecular formula is C16H17FN6O. The molecule has 0 atom stereocenters. The number of anilines is 1. The van der Waals surface area contributed by atoms with Crippen LogP contribution in [-0.2, 0) is 13.1 Å². The fourth-order valence-electron chi connectivity index (χ4n) is 2.32. The number of halogens is 1. The summed E-state index contributed by atoms with van der Waals surface area (Å²) < 4.78 is 16.4. The Labute approximate surface area is 138 Å². The van der Waals surface area contributed by atoms with Crippen LogP contribution in [0.2, 0.25) is 0 Å². The molecule has 2 aromatic heterocycles. The zero-order chi connectivity index (χ0) is 17.1. The highest BCUT2D eigenvalue weighted by atomic mass is 19.1. The summed E-state index contributed by atoms with van der Waals surface area (Å²) in [5.41, 5.74) is 1.89. The number of rotatable bonds is 5. The molecule has 124 valence electrons. The van der Waals surface area contributed by atoms with Crippen molar-refractivity contribution in [2.45, 2.75) is 26.9 Å². The van der Waals surface area contributed by atoms with Crippen molar-refractivity contribution in [3.8, 4) is 0 Å². The fourth-order valence-corrected chi connectivity index (χ4v) is 2.32. The van der Waals surface area contributed by atoms with E-state index in [1.807, 2.05) is 6.92 Å². The summed E-state index contributed by atoms with van der Waals surface area (Å²) in [6.07, 6.45) is 3.18. The van der Waals surface area contributed by atoms with Crippen molar-refractivity contribution >= 4 is 11.9 Å². The maximum atomic E-state index is 13.2. The standard InChI is InChI=1S/C16H17FN6O/c1-3-22-9-14(11(2)20-22)15(24)19-16-18-10-23(21-16)8-12-5-4-6-13(17)7-12/h4-7,9-10H,3,8H2,1-2H3,(H,19,21,24). The van der Waals surface area contributed by atoms with Crippen molar-refractivity contribution in [2.24, 2.45) is 0 Å². The average molecular weight is 328 g/mol. The summed E-state index contributed by atoms with van der Waals surface area (Å²) in [5, 5.41) is 11.1. The first-order valence-corrected chi connectivity index (χ1v) is 7.54. The predicted molar refractivity (Wildman–Crippen MR) is 86.1 cm³/mol. The summed E-state index contributed by atoms with van der Waals surface area (Å²) >= 11 is 0. The van der Waals surface area contributed by atoms with Gasteiger partial charge in [0.2, 0.25) is 5.95 Å². The van der Waals surface area contributed by atoms with Crippen LogP contribution < -0.4 is 5.32 Å². The fraction of sp³-hybridized carbons (Fsp3) is 0.250. The van der Waals surface area contributed by atoms with Gasteiger partial charge in [0.05, 0.1) is 17.8 Å². The average Bonchev–Trinajstić information content (AvgIpc) is 3.13. The van der Waals surface area contributed by atoms with E-state index in [1.54, 1.807) is 29.9 Å². The van der Waals surface area contributed by atoms with Gasteiger partial charge in [-0.25, -0.2) is 14.1 Å². The van der Waals surface area contributed by atoms with Gasteiger partial charge in [-0.05, 0) is 31.5 Å². The van der Waals surface area contributed by atoms with E-state index < -0.39 is 0 Å². The number of hydrogen-bond acceptors (Lipinski definition) is 4. The molecule has 0 aliphatic carbocycles. The lowest BCUT2D eigenvalue weighted by Crippen LogP contribution is -2.14. The smallest absolute Gasteiger partial charge is 0.261 e. The van der Waals surface area contributed by atoms with Gasteiger partial charge in [0.15, 0.2) is 0 Å². The van der Waals surface area contributed by atoms with E-state index in [0.29, 0.717) is 24.3 Å². The van der Waals surface area contributed by atoms with Crippen LogP contribution in [0.3, 0.4) is 0 Å². The topological polar surface area (TPSA) is 77.6 Å². The SMILES string of the molecule is CCn1cc(C(=O)Nc2ncn(Cc3cccc(F)c3)n2)c(C)n1. The van der Waals surface area contributed by atoms with E-state index in [4.69, 9.17) is 0 Å². The molecule has 2 heterocycles. The van der Waals surface area contributed by atoms with Crippen LogP contribution in [-0.4, -0.2) is 30.5 Å². The molecule has 7 nitrogen and oxygen atoms in total. The second-order valence-electron chi connectivity index (χ2n) is 5.33. The van der Waals surface area contributed by atoms with Crippen molar-refractivity contribution in [1.82, 2.24) is 24.5 Å². The third-order valence-corrected chi connectivity index (χ3v) is 3.51.